The molecule has 0 saturated carbocycles. The Morgan fingerprint density at radius 3 is 2.12 bits per heavy atom. The lowest BCUT2D eigenvalue weighted by Gasteiger charge is -2.33. The van der Waals surface area contributed by atoms with E-state index in [-0.39, 0.29) is 24.3 Å². The molecule has 0 spiro atoms. The normalized spacial score (nSPS) is 17.9. The summed E-state index contributed by atoms with van der Waals surface area (Å²) in [5.74, 6) is -0.584. The van der Waals surface area contributed by atoms with Gasteiger partial charge in [0.05, 0.1) is 38.2 Å². The molecule has 240 valence electrons. The van der Waals surface area contributed by atoms with E-state index in [0.717, 1.165) is 40.1 Å². The fourth-order valence-electron chi connectivity index (χ4n) is 4.41. The van der Waals surface area contributed by atoms with Gasteiger partial charge in [0.2, 0.25) is 0 Å². The first-order valence-corrected chi connectivity index (χ1v) is 15.6. The SMILES string of the molecule is C=CCC.CC(C)(c1ccc(-c2ccc(F)cc2)s1)c1cc([C@H]2CC(O)CC(CO)O2)ccc1F.CCC(O)CC.CF. The number of aliphatic hydroxyl groups is 3. The number of alkyl halides is 1. The topological polar surface area (TPSA) is 69.9 Å². The Morgan fingerprint density at radius 2 is 1.60 bits per heavy atom. The van der Waals surface area contributed by atoms with E-state index in [1.165, 1.54) is 18.2 Å². The summed E-state index contributed by atoms with van der Waals surface area (Å²) in [6.07, 6.45) is 4.09. The molecule has 8 heteroatoms. The molecule has 2 unspecified atom stereocenters. The molecule has 2 heterocycles. The number of rotatable bonds is 8. The van der Waals surface area contributed by atoms with Gasteiger partial charge in [-0.2, -0.15) is 0 Å². The van der Waals surface area contributed by atoms with E-state index in [1.54, 1.807) is 29.5 Å². The van der Waals surface area contributed by atoms with Crippen molar-refractivity contribution < 1.29 is 33.2 Å². The van der Waals surface area contributed by atoms with Crippen LogP contribution in [0.2, 0.25) is 0 Å². The molecule has 4 nitrogen and oxygen atoms in total. The van der Waals surface area contributed by atoms with E-state index in [4.69, 9.17) is 9.84 Å². The maximum Gasteiger partial charge on any atom is 0.127 e. The minimum absolute atomic E-state index is 0.0648. The van der Waals surface area contributed by atoms with Crippen molar-refractivity contribution in [1.29, 1.82) is 0 Å². The van der Waals surface area contributed by atoms with E-state index < -0.39 is 23.7 Å². The van der Waals surface area contributed by atoms with Gasteiger partial charge in [-0.3, -0.25) is 4.39 Å². The Hall–Kier alpha value is -2.49. The van der Waals surface area contributed by atoms with Gasteiger partial charge >= 0.3 is 0 Å². The van der Waals surface area contributed by atoms with Crippen molar-refractivity contribution in [2.45, 2.75) is 96.6 Å². The highest BCUT2D eigenvalue weighted by atomic mass is 32.1. The number of halogens is 3. The van der Waals surface area contributed by atoms with Gasteiger partial charge in [-0.25, -0.2) is 8.78 Å². The monoisotopic (exact) mass is 622 g/mol. The van der Waals surface area contributed by atoms with Crippen molar-refractivity contribution >= 4 is 11.3 Å². The first-order valence-electron chi connectivity index (χ1n) is 14.8. The molecule has 0 radical (unpaired) electrons. The van der Waals surface area contributed by atoms with Crippen LogP contribution in [0.3, 0.4) is 0 Å². The standard InChI is InChI=1S/C25H26F2O3S.C5H12O.C4H8.CH3F/c1-25(2,24-10-9-23(31-24)15-3-6-17(26)7-4-15)20-11-16(5-8-21(20)27)22-13-18(29)12-19(14-28)30-22;1-3-5(6)4-2;1-3-4-2;1-2/h3-11,18-19,22,28-29H,12-14H2,1-2H3;5-6H,3-4H2,1-2H3;3H,1,4H2,2H3;1H3/t18?,19?,22-;;;/m1.../s1. The fraction of sp³-hybridized carbons (Fsp3) is 0.486. The molecule has 1 aromatic heterocycles. The summed E-state index contributed by atoms with van der Waals surface area (Å²) >= 11 is 1.55. The molecular formula is C35H49F3O4S. The van der Waals surface area contributed by atoms with Crippen LogP contribution in [-0.2, 0) is 10.2 Å². The fourth-order valence-corrected chi connectivity index (χ4v) is 5.54. The summed E-state index contributed by atoms with van der Waals surface area (Å²) in [4.78, 5) is 1.98. The number of allylic oxidation sites excluding steroid dienone is 1. The van der Waals surface area contributed by atoms with Gasteiger partial charge in [-0.15, -0.1) is 17.9 Å². The van der Waals surface area contributed by atoms with E-state index >= 15 is 0 Å². The highest BCUT2D eigenvalue weighted by Gasteiger charge is 2.32. The van der Waals surface area contributed by atoms with Crippen LogP contribution in [0, 0.1) is 11.6 Å². The first kappa shape index (κ1) is 38.5. The van der Waals surface area contributed by atoms with E-state index in [9.17, 15) is 23.4 Å². The second-order valence-corrected chi connectivity index (χ2v) is 11.8. The zero-order valence-electron chi connectivity index (χ0n) is 26.3. The Bertz CT molecular complexity index is 1190. The summed E-state index contributed by atoms with van der Waals surface area (Å²) in [6, 6.07) is 15.2. The summed E-state index contributed by atoms with van der Waals surface area (Å²) in [6.45, 7) is 13.3. The van der Waals surface area contributed by atoms with Crippen molar-refractivity contribution in [2.75, 3.05) is 13.8 Å². The third kappa shape index (κ3) is 11.8. The van der Waals surface area contributed by atoms with E-state index in [2.05, 4.69) is 13.5 Å². The summed E-state index contributed by atoms with van der Waals surface area (Å²) < 4.78 is 43.6. The Morgan fingerprint density at radius 1 is 1.00 bits per heavy atom. The van der Waals surface area contributed by atoms with Gasteiger partial charge in [0.1, 0.15) is 11.6 Å². The van der Waals surface area contributed by atoms with Crippen LogP contribution in [0.5, 0.6) is 0 Å². The van der Waals surface area contributed by atoms with Gasteiger partial charge in [0, 0.05) is 28.0 Å². The van der Waals surface area contributed by atoms with Crippen molar-refractivity contribution in [3.8, 4) is 10.4 Å². The molecule has 1 saturated heterocycles. The van der Waals surface area contributed by atoms with Gasteiger partial charge in [-0.1, -0.05) is 58.9 Å². The predicted molar refractivity (Wildman–Crippen MR) is 172 cm³/mol. The zero-order valence-corrected chi connectivity index (χ0v) is 27.1. The molecule has 0 bridgehead atoms. The van der Waals surface area contributed by atoms with Crippen LogP contribution in [0.25, 0.3) is 10.4 Å². The molecule has 3 atom stereocenters. The average molecular weight is 623 g/mol. The smallest absolute Gasteiger partial charge is 0.127 e. The molecular weight excluding hydrogens is 573 g/mol. The van der Waals surface area contributed by atoms with Gasteiger partial charge in [0.15, 0.2) is 0 Å². The van der Waals surface area contributed by atoms with Crippen molar-refractivity contribution in [2.24, 2.45) is 0 Å². The van der Waals surface area contributed by atoms with Crippen LogP contribution < -0.4 is 0 Å². The maximum absolute atomic E-state index is 14.9. The van der Waals surface area contributed by atoms with Gasteiger partial charge in [-0.05, 0) is 72.4 Å². The number of thiophene rings is 1. The lowest BCUT2D eigenvalue weighted by Crippen LogP contribution is -2.33. The number of benzene rings is 2. The minimum Gasteiger partial charge on any atom is -0.394 e. The second kappa shape index (κ2) is 19.7. The van der Waals surface area contributed by atoms with Crippen LogP contribution >= 0.6 is 11.3 Å². The molecule has 4 rings (SSSR count). The molecule has 2 aromatic carbocycles. The van der Waals surface area contributed by atoms with E-state index in [0.29, 0.717) is 25.6 Å². The highest BCUT2D eigenvalue weighted by molar-refractivity contribution is 7.15. The molecule has 1 aliphatic heterocycles. The van der Waals surface area contributed by atoms with E-state index in [1.807, 2.05) is 52.0 Å². The predicted octanol–water partition coefficient (Wildman–Crippen LogP) is 8.93. The first-order chi connectivity index (χ1) is 20.5. The molecule has 3 N–H and O–H groups in total. The third-order valence-electron chi connectivity index (χ3n) is 7.20. The van der Waals surface area contributed by atoms with Crippen molar-refractivity contribution in [1.82, 2.24) is 0 Å². The average Bonchev–Trinajstić information content (AvgIpc) is 3.53. The quantitative estimate of drug-likeness (QED) is 0.220. The molecule has 0 aliphatic carbocycles. The summed E-state index contributed by atoms with van der Waals surface area (Å²) in [7, 11) is 0.500. The number of hydrogen-bond donors (Lipinski definition) is 3. The van der Waals surface area contributed by atoms with Crippen molar-refractivity contribution in [3.63, 3.8) is 0 Å². The summed E-state index contributed by atoms with van der Waals surface area (Å²) in [5.41, 5.74) is 1.65. The summed E-state index contributed by atoms with van der Waals surface area (Å²) in [5, 5.41) is 28.3. The Labute approximate surface area is 259 Å². The largest absolute Gasteiger partial charge is 0.394 e. The van der Waals surface area contributed by atoms with Crippen molar-refractivity contribution in [3.05, 3.63) is 94.9 Å². The van der Waals surface area contributed by atoms with Crippen LogP contribution in [-0.4, -0.2) is 47.4 Å². The third-order valence-corrected chi connectivity index (χ3v) is 8.66. The number of aliphatic hydroxyl groups excluding tert-OH is 3. The molecule has 0 amide bonds. The van der Waals surface area contributed by atoms with Crippen LogP contribution in [0.4, 0.5) is 13.2 Å². The zero-order chi connectivity index (χ0) is 32.6. The highest BCUT2D eigenvalue weighted by Crippen LogP contribution is 2.42. The Balaban J connectivity index is 0.000000660. The lowest BCUT2D eigenvalue weighted by molar-refractivity contribution is -0.113. The number of hydrogen-bond acceptors (Lipinski definition) is 5. The van der Waals surface area contributed by atoms with Gasteiger partial charge in [0.25, 0.3) is 0 Å². The molecule has 1 aliphatic rings. The molecule has 1 fully saturated rings. The maximum atomic E-state index is 14.9. The van der Waals surface area contributed by atoms with Gasteiger partial charge < -0.3 is 20.1 Å². The minimum atomic E-state index is -0.604. The Kier molecular flexibility index (Phi) is 17.7. The molecule has 3 aromatic rings. The van der Waals surface area contributed by atoms with Crippen LogP contribution in [0.15, 0.2) is 67.3 Å². The number of ether oxygens (including phenoxy) is 1. The molecule has 43 heavy (non-hydrogen) atoms. The lowest BCUT2D eigenvalue weighted by atomic mass is 9.81. The van der Waals surface area contributed by atoms with Crippen LogP contribution in [0.1, 0.15) is 88.8 Å². The second-order valence-electron chi connectivity index (χ2n) is 10.8.